The van der Waals surface area contributed by atoms with Crippen molar-refractivity contribution < 1.29 is 0 Å². The second-order valence-electron chi connectivity index (χ2n) is 4.90. The van der Waals surface area contributed by atoms with E-state index in [1.54, 1.807) is 0 Å². The van der Waals surface area contributed by atoms with E-state index in [9.17, 15) is 0 Å². The molecule has 0 radical (unpaired) electrons. The number of rotatable bonds is 4. The van der Waals surface area contributed by atoms with Crippen molar-refractivity contribution in [3.63, 3.8) is 0 Å². The number of hydrogen-bond acceptors (Lipinski definition) is 4. The molecule has 0 aliphatic carbocycles. The van der Waals surface area contributed by atoms with Crippen molar-refractivity contribution in [2.24, 2.45) is 0 Å². The van der Waals surface area contributed by atoms with E-state index in [-0.39, 0.29) is 0 Å². The number of hydrogen-bond donors (Lipinski definition) is 1. The van der Waals surface area contributed by atoms with Crippen molar-refractivity contribution in [1.29, 1.82) is 0 Å². The normalized spacial score (nSPS) is 18.3. The van der Waals surface area contributed by atoms with Gasteiger partial charge in [-0.25, -0.2) is 4.98 Å². The first-order valence-corrected chi connectivity index (χ1v) is 6.45. The molecule has 0 amide bonds. The molecule has 0 aromatic carbocycles. The van der Waals surface area contributed by atoms with E-state index in [1.165, 1.54) is 25.9 Å². The zero-order valence-electron chi connectivity index (χ0n) is 11.0. The van der Waals surface area contributed by atoms with E-state index in [2.05, 4.69) is 27.1 Å². The van der Waals surface area contributed by atoms with Gasteiger partial charge in [-0.2, -0.15) is 0 Å². The Kier molecular flexibility index (Phi) is 3.94. The van der Waals surface area contributed by atoms with Gasteiger partial charge in [0.1, 0.15) is 5.82 Å². The number of aryl methyl sites for hydroxylation is 2. The van der Waals surface area contributed by atoms with Crippen LogP contribution in [0.5, 0.6) is 0 Å². The van der Waals surface area contributed by atoms with Gasteiger partial charge in [0.25, 0.3) is 0 Å². The van der Waals surface area contributed by atoms with Crippen molar-refractivity contribution >= 4 is 5.82 Å². The second kappa shape index (κ2) is 5.45. The molecule has 0 saturated carbocycles. The summed E-state index contributed by atoms with van der Waals surface area (Å²) in [7, 11) is 0. The topological polar surface area (TPSA) is 41.1 Å². The molecule has 1 saturated heterocycles. The average Bonchev–Trinajstić information content (AvgIpc) is 2.84. The quantitative estimate of drug-likeness (QED) is 0.865. The molecule has 1 aromatic rings. The monoisotopic (exact) mass is 234 g/mol. The summed E-state index contributed by atoms with van der Waals surface area (Å²) in [6.07, 6.45) is 4.50. The lowest BCUT2D eigenvalue weighted by Crippen LogP contribution is -2.35. The van der Waals surface area contributed by atoms with E-state index < -0.39 is 0 Å². The third kappa shape index (κ3) is 3.16. The van der Waals surface area contributed by atoms with E-state index in [0.717, 1.165) is 23.8 Å². The fourth-order valence-electron chi connectivity index (χ4n) is 2.19. The van der Waals surface area contributed by atoms with Crippen LogP contribution < -0.4 is 5.32 Å². The highest BCUT2D eigenvalue weighted by Gasteiger charge is 2.17. The number of likely N-dealkylation sites (tertiary alicyclic amines) is 1. The first-order chi connectivity index (χ1) is 8.16. The van der Waals surface area contributed by atoms with Crippen LogP contribution in [0.4, 0.5) is 5.82 Å². The van der Waals surface area contributed by atoms with Crippen molar-refractivity contribution in [2.45, 2.75) is 39.7 Å². The number of aromatic nitrogens is 2. The van der Waals surface area contributed by atoms with Crippen LogP contribution in [-0.2, 0) is 0 Å². The first kappa shape index (κ1) is 12.3. The molecule has 0 spiro atoms. The Labute approximate surface area is 103 Å². The summed E-state index contributed by atoms with van der Waals surface area (Å²) >= 11 is 0. The average molecular weight is 234 g/mol. The third-order valence-electron chi connectivity index (χ3n) is 3.53. The molecule has 1 unspecified atom stereocenters. The molecule has 0 bridgehead atoms. The largest absolute Gasteiger partial charge is 0.367 e. The molecule has 1 aliphatic heterocycles. The van der Waals surface area contributed by atoms with Gasteiger partial charge in [-0.1, -0.05) is 0 Å². The predicted octanol–water partition coefficient (Wildman–Crippen LogP) is 1.99. The Morgan fingerprint density at radius 2 is 2.00 bits per heavy atom. The molecule has 1 aromatic heterocycles. The molecular formula is C13H22N4. The Balaban J connectivity index is 1.86. The molecule has 4 heteroatoms. The summed E-state index contributed by atoms with van der Waals surface area (Å²) in [6, 6.07) is 0.570. The highest BCUT2D eigenvalue weighted by Crippen LogP contribution is 2.12. The van der Waals surface area contributed by atoms with E-state index in [1.807, 2.05) is 20.0 Å². The summed E-state index contributed by atoms with van der Waals surface area (Å²) < 4.78 is 0. The van der Waals surface area contributed by atoms with Crippen molar-refractivity contribution in [3.8, 4) is 0 Å². The zero-order chi connectivity index (χ0) is 12.3. The highest BCUT2D eigenvalue weighted by atomic mass is 15.2. The van der Waals surface area contributed by atoms with Crippen molar-refractivity contribution in [3.05, 3.63) is 17.6 Å². The Morgan fingerprint density at radius 3 is 2.65 bits per heavy atom. The summed E-state index contributed by atoms with van der Waals surface area (Å²) in [5.74, 6) is 0.888. The third-order valence-corrected chi connectivity index (χ3v) is 3.53. The smallest absolute Gasteiger partial charge is 0.144 e. The number of nitrogens with one attached hydrogen (secondary N) is 1. The van der Waals surface area contributed by atoms with Gasteiger partial charge in [-0.05, 0) is 46.7 Å². The minimum Gasteiger partial charge on any atom is -0.367 e. The second-order valence-corrected chi connectivity index (χ2v) is 4.90. The highest BCUT2D eigenvalue weighted by molar-refractivity contribution is 5.33. The van der Waals surface area contributed by atoms with Gasteiger partial charge in [0.05, 0.1) is 17.6 Å². The predicted molar refractivity (Wildman–Crippen MR) is 70.3 cm³/mol. The van der Waals surface area contributed by atoms with Gasteiger partial charge >= 0.3 is 0 Å². The van der Waals surface area contributed by atoms with Crippen molar-refractivity contribution in [2.75, 3.05) is 25.0 Å². The molecule has 1 atom stereocenters. The molecule has 4 nitrogen and oxygen atoms in total. The maximum atomic E-state index is 4.48. The van der Waals surface area contributed by atoms with Gasteiger partial charge < -0.3 is 5.32 Å². The molecule has 2 heterocycles. The number of anilines is 1. The van der Waals surface area contributed by atoms with Crippen LogP contribution in [0, 0.1) is 13.8 Å². The molecule has 1 aliphatic rings. The van der Waals surface area contributed by atoms with E-state index in [4.69, 9.17) is 0 Å². The molecule has 1 N–H and O–H groups in total. The summed E-state index contributed by atoms with van der Waals surface area (Å²) in [4.78, 5) is 11.3. The Bertz CT molecular complexity index is 372. The van der Waals surface area contributed by atoms with Gasteiger partial charge in [0.2, 0.25) is 0 Å². The van der Waals surface area contributed by atoms with Crippen LogP contribution in [0.3, 0.4) is 0 Å². The Hall–Kier alpha value is -1.16. The first-order valence-electron chi connectivity index (χ1n) is 6.45. The molecule has 2 rings (SSSR count). The molecule has 94 valence electrons. The van der Waals surface area contributed by atoms with Crippen LogP contribution in [-0.4, -0.2) is 40.5 Å². The lowest BCUT2D eigenvalue weighted by Gasteiger charge is -2.24. The van der Waals surface area contributed by atoms with Crippen molar-refractivity contribution in [1.82, 2.24) is 14.9 Å². The fraction of sp³-hybridized carbons (Fsp3) is 0.692. The SMILES string of the molecule is Cc1ncc(NCC(C)N2CCCC2)nc1C. The Morgan fingerprint density at radius 1 is 1.29 bits per heavy atom. The van der Waals surface area contributed by atoms with Gasteiger partial charge in [0, 0.05) is 12.6 Å². The maximum absolute atomic E-state index is 4.48. The minimum absolute atomic E-state index is 0.570. The summed E-state index contributed by atoms with van der Waals surface area (Å²) in [6.45, 7) is 9.67. The fourth-order valence-corrected chi connectivity index (χ4v) is 2.19. The minimum atomic E-state index is 0.570. The molecular weight excluding hydrogens is 212 g/mol. The van der Waals surface area contributed by atoms with Gasteiger partial charge in [-0.15, -0.1) is 0 Å². The molecule has 1 fully saturated rings. The van der Waals surface area contributed by atoms with Crippen LogP contribution >= 0.6 is 0 Å². The lowest BCUT2D eigenvalue weighted by atomic mass is 10.3. The van der Waals surface area contributed by atoms with Crippen LogP contribution in [0.25, 0.3) is 0 Å². The maximum Gasteiger partial charge on any atom is 0.144 e. The zero-order valence-corrected chi connectivity index (χ0v) is 11.0. The van der Waals surface area contributed by atoms with Crippen LogP contribution in [0.1, 0.15) is 31.2 Å². The summed E-state index contributed by atoms with van der Waals surface area (Å²) in [5, 5.41) is 3.37. The van der Waals surface area contributed by atoms with Gasteiger partial charge in [-0.3, -0.25) is 9.88 Å². The van der Waals surface area contributed by atoms with E-state index in [0.29, 0.717) is 6.04 Å². The standard InChI is InChI=1S/C13H22N4/c1-10(17-6-4-5-7-17)8-15-13-9-14-11(2)12(3)16-13/h9-10H,4-8H2,1-3H3,(H,15,16). The molecule has 17 heavy (non-hydrogen) atoms. The van der Waals surface area contributed by atoms with Gasteiger partial charge in [0.15, 0.2) is 0 Å². The summed E-state index contributed by atoms with van der Waals surface area (Å²) in [5.41, 5.74) is 2.01. The van der Waals surface area contributed by atoms with E-state index >= 15 is 0 Å². The van der Waals surface area contributed by atoms with Crippen LogP contribution in [0.15, 0.2) is 6.20 Å². The van der Waals surface area contributed by atoms with Crippen LogP contribution in [0.2, 0.25) is 0 Å². The number of nitrogens with zero attached hydrogens (tertiary/aromatic N) is 3. The lowest BCUT2D eigenvalue weighted by molar-refractivity contribution is 0.269.